The first-order valence-corrected chi connectivity index (χ1v) is 11.3. The molecular weight excluding hydrogens is 403 g/mol. The van der Waals surface area contributed by atoms with Gasteiger partial charge in [0.2, 0.25) is 0 Å². The van der Waals surface area contributed by atoms with Gasteiger partial charge < -0.3 is 9.47 Å². The SMILES string of the molecule is CCc1cc(OCc2ccccc2)ccc1-c1cc(F)c2cnn(C3CCCCO3)c2c1. The average molecular weight is 431 g/mol. The van der Waals surface area contributed by atoms with Crippen molar-refractivity contribution in [2.45, 2.75) is 45.4 Å². The van der Waals surface area contributed by atoms with Gasteiger partial charge in [-0.2, -0.15) is 5.10 Å². The molecular formula is C27H27FN2O2. The lowest BCUT2D eigenvalue weighted by atomic mass is 9.97. The Morgan fingerprint density at radius 1 is 1.09 bits per heavy atom. The molecule has 0 spiro atoms. The first kappa shape index (κ1) is 20.7. The largest absolute Gasteiger partial charge is 0.489 e. The molecule has 32 heavy (non-hydrogen) atoms. The van der Waals surface area contributed by atoms with E-state index in [0.29, 0.717) is 12.0 Å². The van der Waals surface area contributed by atoms with Crippen molar-refractivity contribution in [2.75, 3.05) is 6.61 Å². The number of benzene rings is 3. The molecule has 5 heteroatoms. The van der Waals surface area contributed by atoms with E-state index in [9.17, 15) is 0 Å². The predicted molar refractivity (Wildman–Crippen MR) is 124 cm³/mol. The second-order valence-electron chi connectivity index (χ2n) is 8.25. The van der Waals surface area contributed by atoms with Crippen LogP contribution in [0.15, 0.2) is 66.9 Å². The van der Waals surface area contributed by atoms with Crippen molar-refractivity contribution in [3.8, 4) is 16.9 Å². The molecule has 0 amide bonds. The molecule has 0 bridgehead atoms. The molecule has 3 aromatic carbocycles. The highest BCUT2D eigenvalue weighted by molar-refractivity contribution is 5.86. The van der Waals surface area contributed by atoms with Crippen LogP contribution in [0.25, 0.3) is 22.0 Å². The van der Waals surface area contributed by atoms with E-state index in [-0.39, 0.29) is 12.0 Å². The van der Waals surface area contributed by atoms with Crippen LogP contribution in [0.2, 0.25) is 0 Å². The number of fused-ring (bicyclic) bond motifs is 1. The molecule has 2 heterocycles. The van der Waals surface area contributed by atoms with Crippen LogP contribution in [0.1, 0.15) is 43.5 Å². The van der Waals surface area contributed by atoms with E-state index in [4.69, 9.17) is 9.47 Å². The van der Waals surface area contributed by atoms with Crippen LogP contribution in [-0.2, 0) is 17.8 Å². The van der Waals surface area contributed by atoms with Crippen LogP contribution in [0.3, 0.4) is 0 Å². The number of aryl methyl sites for hydroxylation is 1. The molecule has 1 unspecified atom stereocenters. The minimum absolute atomic E-state index is 0.129. The van der Waals surface area contributed by atoms with Gasteiger partial charge in [-0.1, -0.05) is 43.3 Å². The fourth-order valence-electron chi connectivity index (χ4n) is 4.38. The van der Waals surface area contributed by atoms with Gasteiger partial charge in [-0.3, -0.25) is 0 Å². The molecule has 1 aliphatic rings. The molecule has 1 aliphatic heterocycles. The van der Waals surface area contributed by atoms with Crippen molar-refractivity contribution in [3.05, 3.63) is 83.8 Å². The van der Waals surface area contributed by atoms with Crippen molar-refractivity contribution in [3.63, 3.8) is 0 Å². The Labute approximate surface area is 187 Å². The summed E-state index contributed by atoms with van der Waals surface area (Å²) in [4.78, 5) is 0. The second kappa shape index (κ2) is 9.13. The zero-order chi connectivity index (χ0) is 21.9. The predicted octanol–water partition coefficient (Wildman–Crippen LogP) is 6.68. The molecule has 1 saturated heterocycles. The number of nitrogens with zero attached hydrogens (tertiary/aromatic N) is 2. The van der Waals surface area contributed by atoms with Gasteiger partial charge in [-0.15, -0.1) is 0 Å². The second-order valence-corrected chi connectivity index (χ2v) is 8.25. The van der Waals surface area contributed by atoms with E-state index in [0.717, 1.165) is 65.8 Å². The van der Waals surface area contributed by atoms with E-state index in [2.05, 4.69) is 18.1 Å². The maximum atomic E-state index is 15.0. The third-order valence-corrected chi connectivity index (χ3v) is 6.11. The van der Waals surface area contributed by atoms with Crippen molar-refractivity contribution in [1.82, 2.24) is 9.78 Å². The smallest absolute Gasteiger partial charge is 0.150 e. The van der Waals surface area contributed by atoms with E-state index in [1.165, 1.54) is 0 Å². The molecule has 5 rings (SSSR count). The highest BCUT2D eigenvalue weighted by Crippen LogP contribution is 2.34. The van der Waals surface area contributed by atoms with E-state index in [1.54, 1.807) is 12.3 Å². The first-order valence-electron chi connectivity index (χ1n) is 11.3. The van der Waals surface area contributed by atoms with E-state index >= 15 is 4.39 Å². The fourth-order valence-corrected chi connectivity index (χ4v) is 4.38. The first-order chi connectivity index (χ1) is 15.7. The summed E-state index contributed by atoms with van der Waals surface area (Å²) < 4.78 is 28.8. The van der Waals surface area contributed by atoms with Crippen LogP contribution in [0, 0.1) is 5.82 Å². The molecule has 0 saturated carbocycles. The minimum atomic E-state index is -0.258. The van der Waals surface area contributed by atoms with Gasteiger partial charge in [0.05, 0.1) is 17.1 Å². The van der Waals surface area contributed by atoms with Crippen LogP contribution >= 0.6 is 0 Å². The Balaban J connectivity index is 1.47. The molecule has 164 valence electrons. The van der Waals surface area contributed by atoms with Gasteiger partial charge in [-0.05, 0) is 72.2 Å². The molecule has 1 aromatic heterocycles. The number of ether oxygens (including phenoxy) is 2. The van der Waals surface area contributed by atoms with Gasteiger partial charge in [0.15, 0.2) is 6.23 Å². The average Bonchev–Trinajstić information content (AvgIpc) is 3.28. The summed E-state index contributed by atoms with van der Waals surface area (Å²) in [7, 11) is 0. The Bertz CT molecular complexity index is 1210. The van der Waals surface area contributed by atoms with Crippen molar-refractivity contribution >= 4 is 10.9 Å². The van der Waals surface area contributed by atoms with Crippen LogP contribution < -0.4 is 4.74 Å². The van der Waals surface area contributed by atoms with Crippen molar-refractivity contribution in [1.29, 1.82) is 0 Å². The summed E-state index contributed by atoms with van der Waals surface area (Å²) in [6.45, 7) is 3.35. The number of hydrogen-bond donors (Lipinski definition) is 0. The number of halogens is 1. The van der Waals surface area contributed by atoms with Gasteiger partial charge in [-0.25, -0.2) is 9.07 Å². The van der Waals surface area contributed by atoms with Gasteiger partial charge in [0.1, 0.15) is 18.2 Å². The number of rotatable bonds is 6. The number of hydrogen-bond acceptors (Lipinski definition) is 3. The van der Waals surface area contributed by atoms with Crippen molar-refractivity contribution < 1.29 is 13.9 Å². The fraction of sp³-hybridized carbons (Fsp3) is 0.296. The quantitative estimate of drug-likeness (QED) is 0.342. The molecule has 4 nitrogen and oxygen atoms in total. The number of aromatic nitrogens is 2. The summed E-state index contributed by atoms with van der Waals surface area (Å²) >= 11 is 0. The summed E-state index contributed by atoms with van der Waals surface area (Å²) in [5.74, 6) is 0.558. The Kier molecular flexibility index (Phi) is 5.91. The van der Waals surface area contributed by atoms with Crippen LogP contribution in [0.5, 0.6) is 5.75 Å². The summed E-state index contributed by atoms with van der Waals surface area (Å²) in [5.41, 5.74) is 4.88. The Morgan fingerprint density at radius 3 is 2.75 bits per heavy atom. The third-order valence-electron chi connectivity index (χ3n) is 6.11. The molecule has 0 aliphatic carbocycles. The van der Waals surface area contributed by atoms with Crippen LogP contribution in [-0.4, -0.2) is 16.4 Å². The molecule has 1 atom stereocenters. The van der Waals surface area contributed by atoms with Gasteiger partial charge in [0.25, 0.3) is 0 Å². The maximum absolute atomic E-state index is 15.0. The highest BCUT2D eigenvalue weighted by atomic mass is 19.1. The zero-order valence-corrected chi connectivity index (χ0v) is 18.3. The standard InChI is InChI=1S/C27H27FN2O2/c1-2-20-14-22(32-18-19-8-4-3-5-9-19)11-12-23(20)21-15-25(28)24-17-29-30(26(24)16-21)27-10-6-7-13-31-27/h3-5,8-9,11-12,14-17,27H,2,6-7,10,13,18H2,1H3. The van der Waals surface area contributed by atoms with Gasteiger partial charge >= 0.3 is 0 Å². The maximum Gasteiger partial charge on any atom is 0.150 e. The molecule has 4 aromatic rings. The lowest BCUT2D eigenvalue weighted by Crippen LogP contribution is -2.19. The Hall–Kier alpha value is -3.18. The summed E-state index contributed by atoms with van der Waals surface area (Å²) in [5, 5.41) is 4.99. The molecule has 0 N–H and O–H groups in total. The molecule has 0 radical (unpaired) electrons. The van der Waals surface area contributed by atoms with Crippen LogP contribution in [0.4, 0.5) is 4.39 Å². The van der Waals surface area contributed by atoms with Crippen molar-refractivity contribution in [2.24, 2.45) is 0 Å². The van der Waals surface area contributed by atoms with E-state index < -0.39 is 0 Å². The highest BCUT2D eigenvalue weighted by Gasteiger charge is 2.20. The van der Waals surface area contributed by atoms with Gasteiger partial charge in [0, 0.05) is 6.61 Å². The van der Waals surface area contributed by atoms with E-state index in [1.807, 2.05) is 53.2 Å². The summed E-state index contributed by atoms with van der Waals surface area (Å²) in [6, 6.07) is 19.8. The monoisotopic (exact) mass is 430 g/mol. The summed E-state index contributed by atoms with van der Waals surface area (Å²) in [6.07, 6.45) is 5.36. The normalized spacial score (nSPS) is 16.4. The third kappa shape index (κ3) is 4.13. The minimum Gasteiger partial charge on any atom is -0.489 e. The zero-order valence-electron chi connectivity index (χ0n) is 18.3. The topological polar surface area (TPSA) is 36.3 Å². The lowest BCUT2D eigenvalue weighted by molar-refractivity contribution is -0.0366. The molecule has 1 fully saturated rings. The lowest BCUT2D eigenvalue weighted by Gasteiger charge is -2.23. The Morgan fingerprint density at radius 2 is 1.97 bits per heavy atom.